The van der Waals surface area contributed by atoms with Gasteiger partial charge in [-0.2, -0.15) is 5.10 Å². The van der Waals surface area contributed by atoms with Crippen molar-refractivity contribution in [2.45, 2.75) is 52.3 Å². The normalized spacial score (nSPS) is 11.4. The number of carbonyl (C=O) groups excluding carboxylic acids is 2. The van der Waals surface area contributed by atoms with Gasteiger partial charge in [0, 0.05) is 13.0 Å². The second kappa shape index (κ2) is 13.1. The number of halogens is 3. The SMILES string of the molecule is CC(C)CNC(=O)c1nnc(CCCCc2ccc(NC(=O)Cc3cccc(OC(F)(F)F)c3)nn2)s1. The van der Waals surface area contributed by atoms with Gasteiger partial charge in [0.15, 0.2) is 5.82 Å². The lowest BCUT2D eigenvalue weighted by atomic mass is 10.1. The highest BCUT2D eigenvalue weighted by atomic mass is 32.1. The summed E-state index contributed by atoms with van der Waals surface area (Å²) in [6.07, 6.45) is -1.92. The van der Waals surface area contributed by atoms with Crippen LogP contribution in [0.5, 0.6) is 5.75 Å². The number of nitrogens with zero attached hydrogens (tertiary/aromatic N) is 4. The molecule has 0 atom stereocenters. The van der Waals surface area contributed by atoms with Crippen LogP contribution < -0.4 is 15.4 Å². The molecule has 13 heteroatoms. The van der Waals surface area contributed by atoms with Crippen molar-refractivity contribution in [2.75, 3.05) is 11.9 Å². The number of amides is 2. The Morgan fingerprint density at radius 3 is 2.51 bits per heavy atom. The van der Waals surface area contributed by atoms with Crippen molar-refractivity contribution in [3.8, 4) is 5.75 Å². The van der Waals surface area contributed by atoms with E-state index in [-0.39, 0.29) is 23.9 Å². The fourth-order valence-corrected chi connectivity index (χ4v) is 3.98. The predicted octanol–water partition coefficient (Wildman–Crippen LogP) is 4.36. The van der Waals surface area contributed by atoms with Crippen molar-refractivity contribution in [1.82, 2.24) is 25.7 Å². The number of anilines is 1. The van der Waals surface area contributed by atoms with Gasteiger partial charge >= 0.3 is 6.36 Å². The molecule has 0 spiro atoms. The molecule has 0 fully saturated rings. The van der Waals surface area contributed by atoms with Gasteiger partial charge in [-0.1, -0.05) is 37.3 Å². The number of rotatable bonds is 12. The molecule has 37 heavy (non-hydrogen) atoms. The van der Waals surface area contributed by atoms with E-state index in [9.17, 15) is 22.8 Å². The molecule has 1 aromatic carbocycles. The Balaban J connectivity index is 1.39. The maximum absolute atomic E-state index is 12.4. The van der Waals surface area contributed by atoms with E-state index in [1.54, 1.807) is 12.1 Å². The van der Waals surface area contributed by atoms with Gasteiger partial charge in [0.2, 0.25) is 10.9 Å². The molecule has 9 nitrogen and oxygen atoms in total. The average molecular weight is 537 g/mol. The smallest absolute Gasteiger partial charge is 0.406 e. The fourth-order valence-electron chi connectivity index (χ4n) is 3.19. The van der Waals surface area contributed by atoms with Gasteiger partial charge in [-0.25, -0.2) is 0 Å². The number of hydrogen-bond acceptors (Lipinski definition) is 8. The molecule has 198 valence electrons. The summed E-state index contributed by atoms with van der Waals surface area (Å²) in [6, 6.07) is 8.61. The van der Waals surface area contributed by atoms with E-state index in [2.05, 4.69) is 35.8 Å². The van der Waals surface area contributed by atoms with Gasteiger partial charge in [-0.15, -0.1) is 28.5 Å². The number of aromatic nitrogens is 4. The lowest BCUT2D eigenvalue weighted by molar-refractivity contribution is -0.274. The zero-order chi connectivity index (χ0) is 26.8. The highest BCUT2D eigenvalue weighted by Crippen LogP contribution is 2.23. The zero-order valence-corrected chi connectivity index (χ0v) is 21.2. The van der Waals surface area contributed by atoms with Crippen LogP contribution in [0.2, 0.25) is 0 Å². The Morgan fingerprint density at radius 1 is 1.03 bits per heavy atom. The number of unbranched alkanes of at least 4 members (excludes halogenated alkanes) is 1. The topological polar surface area (TPSA) is 119 Å². The van der Waals surface area contributed by atoms with Crippen molar-refractivity contribution in [3.63, 3.8) is 0 Å². The van der Waals surface area contributed by atoms with Gasteiger partial charge in [0.1, 0.15) is 10.8 Å². The molecule has 0 aliphatic rings. The van der Waals surface area contributed by atoms with Gasteiger partial charge in [-0.3, -0.25) is 9.59 Å². The molecule has 3 rings (SSSR count). The molecule has 0 unspecified atom stereocenters. The third kappa shape index (κ3) is 10.1. The number of ether oxygens (including phenoxy) is 1. The van der Waals surface area contributed by atoms with Crippen LogP contribution in [0.1, 0.15) is 52.8 Å². The molecular formula is C24H27F3N6O3S. The van der Waals surface area contributed by atoms with Crippen LogP contribution in [-0.4, -0.2) is 45.1 Å². The monoisotopic (exact) mass is 536 g/mol. The molecule has 2 aromatic heterocycles. The first-order valence-electron chi connectivity index (χ1n) is 11.6. The van der Waals surface area contributed by atoms with E-state index >= 15 is 0 Å². The minimum atomic E-state index is -4.80. The quantitative estimate of drug-likeness (QED) is 0.330. The number of benzene rings is 1. The van der Waals surface area contributed by atoms with Crippen molar-refractivity contribution < 1.29 is 27.5 Å². The maximum Gasteiger partial charge on any atom is 0.573 e. The Bertz CT molecular complexity index is 1180. The average Bonchev–Trinajstić information content (AvgIpc) is 3.29. The lowest BCUT2D eigenvalue weighted by Gasteiger charge is -2.10. The third-order valence-electron chi connectivity index (χ3n) is 4.89. The summed E-state index contributed by atoms with van der Waals surface area (Å²) in [7, 11) is 0. The summed E-state index contributed by atoms with van der Waals surface area (Å²) < 4.78 is 41.0. The van der Waals surface area contributed by atoms with Gasteiger partial charge in [0.05, 0.1) is 12.1 Å². The summed E-state index contributed by atoms with van der Waals surface area (Å²) in [5.41, 5.74) is 1.11. The molecule has 0 aliphatic heterocycles. The van der Waals surface area contributed by atoms with E-state index < -0.39 is 12.3 Å². The van der Waals surface area contributed by atoms with Crippen LogP contribution in [0, 0.1) is 5.92 Å². The van der Waals surface area contributed by atoms with Gasteiger partial charge in [-0.05, 0) is 55.0 Å². The van der Waals surface area contributed by atoms with Crippen LogP contribution in [0.25, 0.3) is 0 Å². The number of alkyl halides is 3. The maximum atomic E-state index is 12.4. The van der Waals surface area contributed by atoms with E-state index in [1.807, 2.05) is 13.8 Å². The molecule has 0 saturated carbocycles. The molecule has 0 bridgehead atoms. The summed E-state index contributed by atoms with van der Waals surface area (Å²) in [5, 5.41) is 22.7. The lowest BCUT2D eigenvalue weighted by Crippen LogP contribution is -2.27. The second-order valence-electron chi connectivity index (χ2n) is 8.64. The Kier molecular flexibility index (Phi) is 9.89. The molecule has 0 aliphatic carbocycles. The van der Waals surface area contributed by atoms with Crippen molar-refractivity contribution >= 4 is 29.0 Å². The predicted molar refractivity (Wildman–Crippen MR) is 131 cm³/mol. The Hall–Kier alpha value is -3.61. The van der Waals surface area contributed by atoms with Crippen molar-refractivity contribution in [3.05, 3.63) is 57.7 Å². The summed E-state index contributed by atoms with van der Waals surface area (Å²) in [5.74, 6) is -0.434. The van der Waals surface area contributed by atoms with Crippen LogP contribution in [0.4, 0.5) is 19.0 Å². The first-order valence-corrected chi connectivity index (χ1v) is 12.5. The van der Waals surface area contributed by atoms with E-state index in [1.165, 1.54) is 23.5 Å². The van der Waals surface area contributed by atoms with Crippen LogP contribution in [0.15, 0.2) is 36.4 Å². The van der Waals surface area contributed by atoms with E-state index in [0.29, 0.717) is 35.9 Å². The molecular weight excluding hydrogens is 509 g/mol. The molecule has 2 heterocycles. The largest absolute Gasteiger partial charge is 0.573 e. The van der Waals surface area contributed by atoms with Gasteiger partial charge < -0.3 is 15.4 Å². The van der Waals surface area contributed by atoms with Crippen molar-refractivity contribution in [2.24, 2.45) is 5.92 Å². The Labute approximate surface area is 215 Å². The first kappa shape index (κ1) is 28.0. The van der Waals surface area contributed by atoms with E-state index in [4.69, 9.17) is 0 Å². The van der Waals surface area contributed by atoms with Crippen LogP contribution in [0.3, 0.4) is 0 Å². The number of nitrogens with one attached hydrogen (secondary N) is 2. The summed E-state index contributed by atoms with van der Waals surface area (Å²) in [4.78, 5) is 24.3. The molecule has 3 aromatic rings. The summed E-state index contributed by atoms with van der Waals surface area (Å²) >= 11 is 1.29. The van der Waals surface area contributed by atoms with Gasteiger partial charge in [0.25, 0.3) is 5.91 Å². The minimum absolute atomic E-state index is 0.148. The molecule has 0 saturated heterocycles. The highest BCUT2D eigenvalue weighted by Gasteiger charge is 2.31. The van der Waals surface area contributed by atoms with Crippen molar-refractivity contribution in [1.29, 1.82) is 0 Å². The molecule has 2 amide bonds. The van der Waals surface area contributed by atoms with Crippen LogP contribution in [-0.2, 0) is 24.1 Å². The number of hydrogen-bond donors (Lipinski definition) is 2. The molecule has 0 radical (unpaired) electrons. The Morgan fingerprint density at radius 2 is 1.81 bits per heavy atom. The first-order chi connectivity index (χ1) is 17.6. The third-order valence-corrected chi connectivity index (χ3v) is 5.87. The van der Waals surface area contributed by atoms with Crippen LogP contribution >= 0.6 is 11.3 Å². The second-order valence-corrected chi connectivity index (χ2v) is 9.70. The highest BCUT2D eigenvalue weighted by molar-refractivity contribution is 7.13. The van der Waals surface area contributed by atoms with E-state index in [0.717, 1.165) is 35.7 Å². The number of carbonyl (C=O) groups is 2. The minimum Gasteiger partial charge on any atom is -0.406 e. The fraction of sp³-hybridized carbons (Fsp3) is 0.417. The molecule has 2 N–H and O–H groups in total. The standard InChI is InChI=1S/C24H27F3N6O3S/c1-15(2)14-28-22(35)23-33-32-21(37-23)9-4-3-7-17-10-11-19(31-30-17)29-20(34)13-16-6-5-8-18(12-16)36-24(25,26)27/h5-6,8,10-12,15H,3-4,7,9,13-14H2,1-2H3,(H,28,35)(H,29,31,34). The number of aryl methyl sites for hydroxylation is 2. The zero-order valence-electron chi connectivity index (χ0n) is 20.3. The summed E-state index contributed by atoms with van der Waals surface area (Å²) in [6.45, 7) is 4.62.